The predicted octanol–water partition coefficient (Wildman–Crippen LogP) is 4.65. The summed E-state index contributed by atoms with van der Waals surface area (Å²) in [6.07, 6.45) is 11.7. The van der Waals surface area contributed by atoms with Crippen molar-refractivity contribution in [2.75, 3.05) is 0 Å². The Labute approximate surface area is 147 Å². The van der Waals surface area contributed by atoms with Gasteiger partial charge in [0.1, 0.15) is 0 Å². The Bertz CT molecular complexity index is 424. The Morgan fingerprint density at radius 2 is 1.38 bits per heavy atom. The van der Waals surface area contributed by atoms with Crippen molar-refractivity contribution in [3.8, 4) is 0 Å². The first kappa shape index (κ1) is 21.1. The third-order valence-electron chi connectivity index (χ3n) is 3.25. The van der Waals surface area contributed by atoms with E-state index in [4.69, 9.17) is 4.55 Å². The summed E-state index contributed by atoms with van der Waals surface area (Å²) in [5, 5.41) is 0. The molecule has 0 aliphatic rings. The normalized spacial score (nSPS) is 10.9. The van der Waals surface area contributed by atoms with Gasteiger partial charge in [0.25, 0.3) is 10.1 Å². The molecule has 0 saturated carbocycles. The van der Waals surface area contributed by atoms with Crippen LogP contribution >= 0.6 is 0 Å². The van der Waals surface area contributed by atoms with Gasteiger partial charge in [0, 0.05) is 0 Å². The molecule has 0 fully saturated rings. The molecule has 0 saturated heterocycles. The number of unbranched alkanes of at least 4 members (excludes halogenated alkanes) is 7. The number of hydrogen-bond acceptors (Lipinski definition) is 2. The van der Waals surface area contributed by atoms with Crippen molar-refractivity contribution in [2.24, 2.45) is 0 Å². The standard InChI is InChI=1S/C10H21.C6H6O3S.Na/c1-3-5-7-9-10-8-6-4-2;7-10(8,9)6-4-2-1-3-5-6;/h1,3-10H2,2H3;1-5H,(H,7,8,9);. The summed E-state index contributed by atoms with van der Waals surface area (Å²) in [4.78, 5) is -0.0741. The minimum absolute atomic E-state index is 0.0741. The summed E-state index contributed by atoms with van der Waals surface area (Å²) in [7, 11) is -4.00. The van der Waals surface area contributed by atoms with Crippen LogP contribution in [0.15, 0.2) is 35.2 Å². The molecule has 1 rings (SSSR count). The van der Waals surface area contributed by atoms with Gasteiger partial charge in [-0.2, -0.15) is 8.42 Å². The minimum Gasteiger partial charge on any atom is -0.282 e. The van der Waals surface area contributed by atoms with Crippen LogP contribution in [0.4, 0.5) is 0 Å². The van der Waals surface area contributed by atoms with Crippen molar-refractivity contribution in [3.63, 3.8) is 0 Å². The van der Waals surface area contributed by atoms with E-state index in [0.717, 1.165) is 0 Å². The maximum atomic E-state index is 10.4. The SMILES string of the molecule is CCCCCCCCC[CH2][Na].O=S(=O)(O)c1ccccc1. The van der Waals surface area contributed by atoms with Crippen molar-refractivity contribution in [3.05, 3.63) is 30.3 Å². The predicted molar refractivity (Wildman–Crippen MR) is 89.4 cm³/mol. The summed E-state index contributed by atoms with van der Waals surface area (Å²) >= 11 is 1.41. The van der Waals surface area contributed by atoms with Crippen LogP contribution in [0.25, 0.3) is 0 Å². The Kier molecular flexibility index (Phi) is 13.9. The zero-order chi connectivity index (χ0) is 16.0. The molecule has 1 aromatic carbocycles. The smallest absolute Gasteiger partial charge is 0.282 e. The van der Waals surface area contributed by atoms with Crippen molar-refractivity contribution in [1.29, 1.82) is 0 Å². The topological polar surface area (TPSA) is 54.4 Å². The molecule has 3 nitrogen and oxygen atoms in total. The van der Waals surface area contributed by atoms with Crippen molar-refractivity contribution >= 4 is 38.0 Å². The fourth-order valence-electron chi connectivity index (χ4n) is 1.98. The first-order valence-corrected chi connectivity index (χ1v) is 10.9. The van der Waals surface area contributed by atoms with Gasteiger partial charge in [-0.05, 0) is 12.1 Å². The molecule has 0 atom stereocenters. The molecule has 0 bridgehead atoms. The molecule has 1 aromatic rings. The summed E-state index contributed by atoms with van der Waals surface area (Å²) < 4.78 is 30.7. The summed E-state index contributed by atoms with van der Waals surface area (Å²) in [5.74, 6) is 0. The average molecular weight is 322 g/mol. The van der Waals surface area contributed by atoms with Crippen molar-refractivity contribution in [2.45, 2.75) is 66.9 Å². The van der Waals surface area contributed by atoms with E-state index in [2.05, 4.69) is 6.92 Å². The number of hydrogen-bond donors (Lipinski definition) is 1. The van der Waals surface area contributed by atoms with Gasteiger partial charge in [0.05, 0.1) is 4.90 Å². The zero-order valence-corrected chi connectivity index (χ0v) is 16.2. The number of rotatable bonds is 9. The van der Waals surface area contributed by atoms with Crippen LogP contribution in [-0.4, -0.2) is 40.9 Å². The molecule has 0 amide bonds. The van der Waals surface area contributed by atoms with E-state index in [1.54, 1.807) is 18.2 Å². The van der Waals surface area contributed by atoms with E-state index in [1.807, 2.05) is 0 Å². The number of benzene rings is 1. The summed E-state index contributed by atoms with van der Waals surface area (Å²) in [6, 6.07) is 7.42. The van der Waals surface area contributed by atoms with Crippen molar-refractivity contribution in [1.82, 2.24) is 0 Å². The fraction of sp³-hybridized carbons (Fsp3) is 0.625. The molecule has 0 spiro atoms. The van der Waals surface area contributed by atoms with Crippen LogP contribution in [0, 0.1) is 0 Å². The molecule has 0 aliphatic heterocycles. The largest absolute Gasteiger partial charge is 0.294 e. The second-order valence-corrected chi connectivity index (χ2v) is 7.68. The molecular weight excluding hydrogens is 295 g/mol. The van der Waals surface area contributed by atoms with E-state index < -0.39 is 10.1 Å². The van der Waals surface area contributed by atoms with Gasteiger partial charge >= 0.3 is 89.9 Å². The minimum atomic E-state index is -4.00. The van der Waals surface area contributed by atoms with Gasteiger partial charge in [0.15, 0.2) is 0 Å². The van der Waals surface area contributed by atoms with Gasteiger partial charge in [0.2, 0.25) is 0 Å². The summed E-state index contributed by atoms with van der Waals surface area (Å²) in [6.45, 7) is 2.28. The molecule has 0 aliphatic carbocycles. The summed E-state index contributed by atoms with van der Waals surface area (Å²) in [5.41, 5.74) is 0. The molecule has 1 N–H and O–H groups in total. The van der Waals surface area contributed by atoms with Gasteiger partial charge in [-0.1, -0.05) is 18.2 Å². The molecule has 21 heavy (non-hydrogen) atoms. The first-order valence-electron chi connectivity index (χ1n) is 8.04. The average Bonchev–Trinajstić information content (AvgIpc) is 2.47. The second kappa shape index (κ2) is 13.8. The van der Waals surface area contributed by atoms with Gasteiger partial charge in [-0.15, -0.1) is 0 Å². The third-order valence-corrected chi connectivity index (χ3v) is 4.82. The molecule has 0 aromatic heterocycles. The molecular formula is C16H27NaO3S. The molecule has 0 radical (unpaired) electrons. The maximum Gasteiger partial charge on any atom is 0.294 e. The second-order valence-electron chi connectivity index (χ2n) is 5.26. The molecule has 0 heterocycles. The van der Waals surface area contributed by atoms with E-state index in [1.165, 1.54) is 95.1 Å². The fourth-order valence-corrected chi connectivity index (χ4v) is 2.98. The van der Waals surface area contributed by atoms with Crippen LogP contribution in [-0.2, 0) is 10.1 Å². The Balaban J connectivity index is 0.000000382. The third kappa shape index (κ3) is 13.5. The Morgan fingerprint density at radius 3 is 1.76 bits per heavy atom. The van der Waals surface area contributed by atoms with Crippen LogP contribution in [0.1, 0.15) is 58.3 Å². The molecule has 116 valence electrons. The van der Waals surface area contributed by atoms with Crippen LogP contribution in [0.5, 0.6) is 0 Å². The van der Waals surface area contributed by atoms with Gasteiger partial charge < -0.3 is 0 Å². The molecule has 0 unspecified atom stereocenters. The van der Waals surface area contributed by atoms with E-state index in [9.17, 15) is 8.42 Å². The first-order chi connectivity index (χ1) is 10.0. The quantitative estimate of drug-likeness (QED) is 0.409. The maximum absolute atomic E-state index is 10.4. The molecule has 5 heteroatoms. The van der Waals surface area contributed by atoms with E-state index in [0.29, 0.717) is 0 Å². The monoisotopic (exact) mass is 322 g/mol. The van der Waals surface area contributed by atoms with E-state index >= 15 is 0 Å². The Hall–Kier alpha value is 0.130. The van der Waals surface area contributed by atoms with Crippen LogP contribution in [0.2, 0.25) is 3.67 Å². The van der Waals surface area contributed by atoms with Gasteiger partial charge in [-0.25, -0.2) is 0 Å². The zero-order valence-electron chi connectivity index (χ0n) is 13.4. The van der Waals surface area contributed by atoms with Crippen LogP contribution < -0.4 is 0 Å². The van der Waals surface area contributed by atoms with Gasteiger partial charge in [-0.3, -0.25) is 4.55 Å². The van der Waals surface area contributed by atoms with Crippen LogP contribution in [0.3, 0.4) is 0 Å². The van der Waals surface area contributed by atoms with E-state index in [-0.39, 0.29) is 4.90 Å². The Morgan fingerprint density at radius 1 is 0.905 bits per heavy atom. The van der Waals surface area contributed by atoms with Crippen molar-refractivity contribution < 1.29 is 13.0 Å².